The van der Waals surface area contributed by atoms with Crippen LogP contribution in [0.15, 0.2) is 33.4 Å². The highest BCUT2D eigenvalue weighted by Gasteiger charge is 2.14. The molecule has 0 aliphatic carbocycles. The number of amides is 1. The molecule has 0 radical (unpaired) electrons. The number of furan rings is 1. The molecule has 0 aliphatic rings. The number of nitrogens with one attached hydrogen (secondary N) is 1. The van der Waals surface area contributed by atoms with Crippen LogP contribution >= 0.6 is 0 Å². The smallest absolute Gasteiger partial charge is 0.273 e. The van der Waals surface area contributed by atoms with Crippen LogP contribution in [0, 0.1) is 0 Å². The normalized spacial score (nSPS) is 12.3. The van der Waals surface area contributed by atoms with E-state index in [9.17, 15) is 9.90 Å². The van der Waals surface area contributed by atoms with Crippen molar-refractivity contribution in [2.75, 3.05) is 6.54 Å². The summed E-state index contributed by atoms with van der Waals surface area (Å²) in [7, 11) is 0. The Hall–Kier alpha value is -2.08. The molecule has 0 aromatic carbocycles. The maximum absolute atomic E-state index is 11.8. The van der Waals surface area contributed by atoms with Crippen molar-refractivity contribution in [1.29, 1.82) is 0 Å². The van der Waals surface area contributed by atoms with Gasteiger partial charge in [-0.1, -0.05) is 12.1 Å². The van der Waals surface area contributed by atoms with Crippen molar-refractivity contribution < 1.29 is 18.8 Å². The maximum atomic E-state index is 11.8. The van der Waals surface area contributed by atoms with Gasteiger partial charge in [-0.15, -0.1) is 0 Å². The van der Waals surface area contributed by atoms with E-state index in [1.807, 2.05) is 6.92 Å². The number of hydrogen-bond donors (Lipinski definition) is 2. The highest BCUT2D eigenvalue weighted by atomic mass is 16.5. The van der Waals surface area contributed by atoms with Gasteiger partial charge in [0.25, 0.3) is 5.91 Å². The van der Waals surface area contributed by atoms with Crippen LogP contribution in [0.2, 0.25) is 0 Å². The maximum Gasteiger partial charge on any atom is 0.273 e. The molecule has 19 heavy (non-hydrogen) atoms. The highest BCUT2D eigenvalue weighted by molar-refractivity contribution is 5.92. The van der Waals surface area contributed by atoms with E-state index in [4.69, 9.17) is 8.94 Å². The molecular weight excluding hydrogens is 248 g/mol. The lowest BCUT2D eigenvalue weighted by Crippen LogP contribution is -2.27. The molecule has 0 saturated heterocycles. The molecule has 1 unspecified atom stereocenters. The molecule has 1 atom stereocenters. The van der Waals surface area contributed by atoms with E-state index in [0.717, 1.165) is 0 Å². The van der Waals surface area contributed by atoms with Crippen molar-refractivity contribution >= 4 is 5.91 Å². The molecule has 0 saturated carbocycles. The van der Waals surface area contributed by atoms with Crippen molar-refractivity contribution in [3.05, 3.63) is 30.2 Å². The van der Waals surface area contributed by atoms with Gasteiger partial charge in [-0.2, -0.15) is 0 Å². The fourth-order valence-corrected chi connectivity index (χ4v) is 1.56. The summed E-state index contributed by atoms with van der Waals surface area (Å²) in [6, 6.07) is 4.97. The second kappa shape index (κ2) is 6.19. The van der Waals surface area contributed by atoms with Crippen LogP contribution in [0.4, 0.5) is 0 Å². The van der Waals surface area contributed by atoms with E-state index in [1.165, 1.54) is 12.3 Å². The molecule has 6 heteroatoms. The van der Waals surface area contributed by atoms with Crippen LogP contribution in [-0.4, -0.2) is 28.8 Å². The Kier molecular flexibility index (Phi) is 4.35. The lowest BCUT2D eigenvalue weighted by atomic mass is 10.2. The number of rotatable bonds is 6. The third-order valence-electron chi connectivity index (χ3n) is 2.74. The Balaban J connectivity index is 1.90. The molecular formula is C13H16N2O4. The van der Waals surface area contributed by atoms with Crippen molar-refractivity contribution in [3.63, 3.8) is 0 Å². The van der Waals surface area contributed by atoms with Crippen LogP contribution in [-0.2, 0) is 0 Å². The van der Waals surface area contributed by atoms with E-state index in [0.29, 0.717) is 30.9 Å². The van der Waals surface area contributed by atoms with E-state index in [2.05, 4.69) is 10.5 Å². The predicted molar refractivity (Wildman–Crippen MR) is 67.5 cm³/mol. The van der Waals surface area contributed by atoms with Gasteiger partial charge in [0.15, 0.2) is 11.5 Å². The van der Waals surface area contributed by atoms with E-state index in [-0.39, 0.29) is 11.6 Å². The second-order valence-electron chi connectivity index (χ2n) is 4.16. The average molecular weight is 264 g/mol. The third-order valence-corrected chi connectivity index (χ3v) is 2.74. The van der Waals surface area contributed by atoms with Gasteiger partial charge in [0.1, 0.15) is 0 Å². The molecule has 2 aromatic heterocycles. The molecule has 2 rings (SSSR count). The molecule has 2 N–H and O–H groups in total. The topological polar surface area (TPSA) is 88.5 Å². The summed E-state index contributed by atoms with van der Waals surface area (Å²) in [5.74, 6) is 0.599. The molecule has 1 amide bonds. The van der Waals surface area contributed by atoms with Gasteiger partial charge in [-0.05, 0) is 25.0 Å². The summed E-state index contributed by atoms with van der Waals surface area (Å²) in [5, 5.41) is 15.7. The van der Waals surface area contributed by atoms with Gasteiger partial charge in [-0.25, -0.2) is 0 Å². The molecule has 2 aromatic rings. The SMILES string of the molecule is CCC(O)CCNC(=O)c1cc(-c2ccco2)on1. The third kappa shape index (κ3) is 3.45. The Labute approximate surface area is 110 Å². The fourth-order valence-electron chi connectivity index (χ4n) is 1.56. The quantitative estimate of drug-likeness (QED) is 0.830. The number of carbonyl (C=O) groups excluding carboxylic acids is 1. The van der Waals surface area contributed by atoms with Crippen LogP contribution in [0.3, 0.4) is 0 Å². The average Bonchev–Trinajstić information content (AvgIpc) is 3.08. The standard InChI is InChI=1S/C13H16N2O4/c1-2-9(16)5-6-14-13(17)10-8-12(19-15-10)11-4-3-7-18-11/h3-4,7-9,16H,2,5-6H2,1H3,(H,14,17). The first kappa shape index (κ1) is 13.4. The first-order valence-electron chi connectivity index (χ1n) is 6.17. The Bertz CT molecular complexity index is 518. The predicted octanol–water partition coefficient (Wildman–Crippen LogP) is 1.83. The summed E-state index contributed by atoms with van der Waals surface area (Å²) in [6.07, 6.45) is 2.31. The number of aromatic nitrogens is 1. The summed E-state index contributed by atoms with van der Waals surface area (Å²) >= 11 is 0. The first-order chi connectivity index (χ1) is 9.20. The van der Waals surface area contributed by atoms with Gasteiger partial charge >= 0.3 is 0 Å². The lowest BCUT2D eigenvalue weighted by molar-refractivity contribution is 0.0933. The van der Waals surface area contributed by atoms with Crippen molar-refractivity contribution in [1.82, 2.24) is 10.5 Å². The van der Waals surface area contributed by atoms with Gasteiger partial charge in [0, 0.05) is 12.6 Å². The largest absolute Gasteiger partial charge is 0.461 e. The van der Waals surface area contributed by atoms with Crippen molar-refractivity contribution in [2.24, 2.45) is 0 Å². The van der Waals surface area contributed by atoms with Gasteiger partial charge in [0.2, 0.25) is 5.76 Å². The molecule has 0 spiro atoms. The van der Waals surface area contributed by atoms with Crippen molar-refractivity contribution in [3.8, 4) is 11.5 Å². The zero-order valence-electron chi connectivity index (χ0n) is 10.6. The van der Waals surface area contributed by atoms with Crippen LogP contribution in [0.5, 0.6) is 0 Å². The van der Waals surface area contributed by atoms with E-state index >= 15 is 0 Å². The molecule has 0 bridgehead atoms. The second-order valence-corrected chi connectivity index (χ2v) is 4.16. The summed E-state index contributed by atoms with van der Waals surface area (Å²) in [6.45, 7) is 2.29. The van der Waals surface area contributed by atoms with Gasteiger partial charge in [-0.3, -0.25) is 4.79 Å². The van der Waals surface area contributed by atoms with Crippen LogP contribution in [0.25, 0.3) is 11.5 Å². The molecule has 102 valence electrons. The van der Waals surface area contributed by atoms with Crippen LogP contribution in [0.1, 0.15) is 30.3 Å². The number of aliphatic hydroxyl groups excluding tert-OH is 1. The van der Waals surface area contributed by atoms with E-state index in [1.54, 1.807) is 12.1 Å². The number of nitrogens with zero attached hydrogens (tertiary/aromatic N) is 1. The highest BCUT2D eigenvalue weighted by Crippen LogP contribution is 2.20. The molecule has 0 aliphatic heterocycles. The zero-order chi connectivity index (χ0) is 13.7. The number of hydrogen-bond acceptors (Lipinski definition) is 5. The summed E-state index contributed by atoms with van der Waals surface area (Å²) in [4.78, 5) is 11.8. The molecule has 6 nitrogen and oxygen atoms in total. The van der Waals surface area contributed by atoms with Crippen LogP contribution < -0.4 is 5.32 Å². The Morgan fingerprint density at radius 3 is 3.05 bits per heavy atom. The number of carbonyl (C=O) groups is 1. The van der Waals surface area contributed by atoms with Crippen molar-refractivity contribution in [2.45, 2.75) is 25.9 Å². The lowest BCUT2D eigenvalue weighted by Gasteiger charge is -2.07. The minimum Gasteiger partial charge on any atom is -0.461 e. The first-order valence-corrected chi connectivity index (χ1v) is 6.17. The van der Waals surface area contributed by atoms with E-state index < -0.39 is 6.10 Å². The minimum atomic E-state index is -0.392. The van der Waals surface area contributed by atoms with Gasteiger partial charge in [0.05, 0.1) is 12.4 Å². The monoisotopic (exact) mass is 264 g/mol. The Morgan fingerprint density at radius 2 is 2.37 bits per heavy atom. The van der Waals surface area contributed by atoms with Gasteiger partial charge < -0.3 is 19.4 Å². The minimum absolute atomic E-state index is 0.192. The fraction of sp³-hybridized carbons (Fsp3) is 0.385. The zero-order valence-corrected chi connectivity index (χ0v) is 10.6. The number of aliphatic hydroxyl groups is 1. The summed E-state index contributed by atoms with van der Waals surface area (Å²) < 4.78 is 10.2. The summed E-state index contributed by atoms with van der Waals surface area (Å²) in [5.41, 5.74) is 0.192. The molecule has 2 heterocycles. The molecule has 0 fully saturated rings. The Morgan fingerprint density at radius 1 is 1.53 bits per heavy atom.